The summed E-state index contributed by atoms with van der Waals surface area (Å²) in [7, 11) is 0. The molecule has 2 aromatic heterocycles. The Bertz CT molecular complexity index is 952. The second kappa shape index (κ2) is 8.04. The van der Waals surface area contributed by atoms with Crippen LogP contribution in [0.1, 0.15) is 10.4 Å². The number of morpholine rings is 1. The van der Waals surface area contributed by atoms with E-state index >= 15 is 0 Å². The lowest BCUT2D eigenvalue weighted by atomic mass is 10.1. The highest BCUT2D eigenvalue weighted by molar-refractivity contribution is 6.30. The Hall–Kier alpha value is -2.48. The number of hydrogen-bond acceptors (Lipinski definition) is 5. The average Bonchev–Trinajstić information content (AvgIpc) is 3.13. The molecule has 4 rings (SSSR count). The number of aromatic nitrogens is 3. The van der Waals surface area contributed by atoms with E-state index < -0.39 is 0 Å². The lowest BCUT2D eigenvalue weighted by Crippen LogP contribution is -2.41. The molecule has 8 heteroatoms. The summed E-state index contributed by atoms with van der Waals surface area (Å²) in [5.41, 5.74) is 2.73. The van der Waals surface area contributed by atoms with E-state index in [2.05, 4.69) is 20.3 Å². The van der Waals surface area contributed by atoms with Crippen LogP contribution in [0, 0.1) is 0 Å². The predicted molar refractivity (Wildman–Crippen MR) is 103 cm³/mol. The molecule has 0 atom stereocenters. The maximum atomic E-state index is 12.6. The van der Waals surface area contributed by atoms with E-state index in [1.54, 1.807) is 16.9 Å². The van der Waals surface area contributed by atoms with Crippen molar-refractivity contribution in [2.45, 2.75) is 0 Å². The van der Waals surface area contributed by atoms with Crippen LogP contribution in [0.3, 0.4) is 0 Å². The van der Waals surface area contributed by atoms with Gasteiger partial charge < -0.3 is 10.1 Å². The van der Waals surface area contributed by atoms with Crippen molar-refractivity contribution in [2.24, 2.45) is 0 Å². The summed E-state index contributed by atoms with van der Waals surface area (Å²) < 4.78 is 7.00. The number of nitrogens with one attached hydrogen (secondary N) is 1. The molecule has 1 N–H and O–H groups in total. The highest BCUT2D eigenvalue weighted by Gasteiger charge is 2.17. The summed E-state index contributed by atoms with van der Waals surface area (Å²) in [6.45, 7) is 4.67. The van der Waals surface area contributed by atoms with Gasteiger partial charge >= 0.3 is 0 Å². The van der Waals surface area contributed by atoms with Crippen molar-refractivity contribution in [3.05, 3.63) is 53.3 Å². The average molecular weight is 386 g/mol. The van der Waals surface area contributed by atoms with Gasteiger partial charge in [-0.25, -0.2) is 9.50 Å². The molecule has 0 aliphatic carbocycles. The fourth-order valence-electron chi connectivity index (χ4n) is 3.17. The molecule has 3 heterocycles. The molecule has 0 radical (unpaired) electrons. The number of halogens is 1. The minimum Gasteiger partial charge on any atom is -0.379 e. The Labute approximate surface area is 161 Å². The highest BCUT2D eigenvalue weighted by Crippen LogP contribution is 2.23. The molecule has 140 valence electrons. The summed E-state index contributed by atoms with van der Waals surface area (Å²) >= 11 is 6.10. The van der Waals surface area contributed by atoms with Crippen LogP contribution in [0.4, 0.5) is 0 Å². The maximum absolute atomic E-state index is 12.6. The fraction of sp³-hybridized carbons (Fsp3) is 0.316. The number of carbonyl (C=O) groups is 1. The fourth-order valence-corrected chi connectivity index (χ4v) is 3.36. The van der Waals surface area contributed by atoms with Gasteiger partial charge in [-0.3, -0.25) is 9.69 Å². The van der Waals surface area contributed by atoms with Gasteiger partial charge in [-0.2, -0.15) is 5.10 Å². The summed E-state index contributed by atoms with van der Waals surface area (Å²) in [6.07, 6.45) is 3.23. The molecule has 1 aliphatic heterocycles. The Balaban J connectivity index is 1.51. The van der Waals surface area contributed by atoms with Crippen molar-refractivity contribution in [1.82, 2.24) is 24.8 Å². The molecule has 0 spiro atoms. The van der Waals surface area contributed by atoms with Gasteiger partial charge in [-0.1, -0.05) is 23.7 Å². The third kappa shape index (κ3) is 3.95. The molecule has 0 saturated carbocycles. The van der Waals surface area contributed by atoms with E-state index in [4.69, 9.17) is 16.3 Å². The first-order valence-corrected chi connectivity index (χ1v) is 9.27. The summed E-state index contributed by atoms with van der Waals surface area (Å²) in [6, 6.07) is 9.36. The third-order valence-electron chi connectivity index (χ3n) is 4.58. The van der Waals surface area contributed by atoms with Crippen LogP contribution in [0.15, 0.2) is 42.7 Å². The van der Waals surface area contributed by atoms with Gasteiger partial charge in [0.2, 0.25) is 0 Å². The van der Waals surface area contributed by atoms with E-state index in [0.717, 1.165) is 44.1 Å². The zero-order valence-corrected chi connectivity index (χ0v) is 15.5. The third-order valence-corrected chi connectivity index (χ3v) is 4.82. The van der Waals surface area contributed by atoms with Gasteiger partial charge in [-0.05, 0) is 18.2 Å². The molecule has 27 heavy (non-hydrogen) atoms. The first-order chi connectivity index (χ1) is 13.2. The van der Waals surface area contributed by atoms with Gasteiger partial charge in [0.25, 0.3) is 5.91 Å². The Morgan fingerprint density at radius 3 is 2.93 bits per heavy atom. The lowest BCUT2D eigenvalue weighted by Gasteiger charge is -2.26. The van der Waals surface area contributed by atoms with Crippen LogP contribution in [-0.2, 0) is 4.74 Å². The minimum atomic E-state index is -0.172. The van der Waals surface area contributed by atoms with Crippen molar-refractivity contribution in [3.8, 4) is 11.3 Å². The topological polar surface area (TPSA) is 71.8 Å². The number of fused-ring (bicyclic) bond motifs is 1. The number of carbonyl (C=O) groups excluding carboxylic acids is 1. The molecule has 7 nitrogen and oxygen atoms in total. The second-order valence-electron chi connectivity index (χ2n) is 6.34. The van der Waals surface area contributed by atoms with E-state index in [1.807, 2.05) is 30.3 Å². The van der Waals surface area contributed by atoms with Crippen molar-refractivity contribution in [1.29, 1.82) is 0 Å². The molecule has 1 fully saturated rings. The molecular weight excluding hydrogens is 366 g/mol. The number of amides is 1. The predicted octanol–water partition coefficient (Wildman–Crippen LogP) is 2.11. The number of nitrogens with zero attached hydrogens (tertiary/aromatic N) is 4. The second-order valence-corrected chi connectivity index (χ2v) is 6.78. The van der Waals surface area contributed by atoms with Gasteiger partial charge in [0.15, 0.2) is 5.65 Å². The Kier molecular flexibility index (Phi) is 5.33. The van der Waals surface area contributed by atoms with Crippen LogP contribution in [0.25, 0.3) is 16.9 Å². The Morgan fingerprint density at radius 2 is 2.11 bits per heavy atom. The van der Waals surface area contributed by atoms with Gasteiger partial charge in [0, 0.05) is 43.0 Å². The molecule has 0 unspecified atom stereocenters. The quantitative estimate of drug-likeness (QED) is 0.728. The molecule has 1 amide bonds. The number of benzene rings is 1. The van der Waals surface area contributed by atoms with Crippen molar-refractivity contribution in [2.75, 3.05) is 39.4 Å². The monoisotopic (exact) mass is 385 g/mol. The van der Waals surface area contributed by atoms with E-state index in [1.165, 1.54) is 0 Å². The standard InChI is InChI=1S/C19H20ClN5O2/c20-15-3-1-2-14(12-15)17-4-5-21-18-16(13-23-25(17)18)19(26)22-6-7-24-8-10-27-11-9-24/h1-5,12-13H,6-11H2,(H,22,26). The van der Waals surface area contributed by atoms with Gasteiger partial charge in [0.05, 0.1) is 25.1 Å². The number of hydrogen-bond donors (Lipinski definition) is 1. The van der Waals surface area contributed by atoms with Crippen LogP contribution in [0.2, 0.25) is 5.02 Å². The van der Waals surface area contributed by atoms with E-state index in [-0.39, 0.29) is 5.91 Å². The molecule has 3 aromatic rings. The zero-order valence-electron chi connectivity index (χ0n) is 14.8. The van der Waals surface area contributed by atoms with Crippen molar-refractivity contribution >= 4 is 23.2 Å². The lowest BCUT2D eigenvalue weighted by molar-refractivity contribution is 0.0383. The van der Waals surface area contributed by atoms with Crippen LogP contribution >= 0.6 is 11.6 Å². The largest absolute Gasteiger partial charge is 0.379 e. The van der Waals surface area contributed by atoms with Gasteiger partial charge in [0.1, 0.15) is 5.56 Å². The number of rotatable bonds is 5. The first kappa shape index (κ1) is 17.9. The van der Waals surface area contributed by atoms with Crippen molar-refractivity contribution < 1.29 is 9.53 Å². The SMILES string of the molecule is O=C(NCCN1CCOCC1)c1cnn2c(-c3cccc(Cl)c3)ccnc12. The van der Waals surface area contributed by atoms with Crippen LogP contribution < -0.4 is 5.32 Å². The van der Waals surface area contributed by atoms with E-state index in [9.17, 15) is 4.79 Å². The van der Waals surface area contributed by atoms with Crippen LogP contribution in [0.5, 0.6) is 0 Å². The highest BCUT2D eigenvalue weighted by atomic mass is 35.5. The maximum Gasteiger partial charge on any atom is 0.256 e. The smallest absolute Gasteiger partial charge is 0.256 e. The first-order valence-electron chi connectivity index (χ1n) is 8.89. The molecule has 0 bridgehead atoms. The molecule has 1 saturated heterocycles. The summed E-state index contributed by atoms with van der Waals surface area (Å²) in [5, 5.41) is 7.97. The zero-order chi connectivity index (χ0) is 18.6. The normalized spacial score (nSPS) is 15.1. The van der Waals surface area contributed by atoms with Crippen molar-refractivity contribution in [3.63, 3.8) is 0 Å². The van der Waals surface area contributed by atoms with E-state index in [0.29, 0.717) is 22.8 Å². The molecule has 1 aromatic carbocycles. The minimum absolute atomic E-state index is 0.172. The molecular formula is C19H20ClN5O2. The number of ether oxygens (including phenoxy) is 1. The molecule has 1 aliphatic rings. The summed E-state index contributed by atoms with van der Waals surface area (Å²) in [4.78, 5) is 19.2. The Morgan fingerprint density at radius 1 is 1.26 bits per heavy atom. The van der Waals surface area contributed by atoms with Gasteiger partial charge in [-0.15, -0.1) is 0 Å². The summed E-state index contributed by atoms with van der Waals surface area (Å²) in [5.74, 6) is -0.172. The van der Waals surface area contributed by atoms with Crippen LogP contribution in [-0.4, -0.2) is 64.8 Å².